The third-order valence-electron chi connectivity index (χ3n) is 3.91. The summed E-state index contributed by atoms with van der Waals surface area (Å²) in [6.45, 7) is 5.84. The molecule has 2 aromatic heterocycles. The Labute approximate surface area is 130 Å². The van der Waals surface area contributed by atoms with Gasteiger partial charge in [0, 0.05) is 32.4 Å². The summed E-state index contributed by atoms with van der Waals surface area (Å²) < 4.78 is 0. The maximum absolute atomic E-state index is 6.28. The molecule has 1 aliphatic rings. The zero-order valence-corrected chi connectivity index (χ0v) is 13.0. The molecule has 0 atom stereocenters. The number of hydrogen-bond acceptors (Lipinski definition) is 7. The van der Waals surface area contributed by atoms with Gasteiger partial charge in [-0.1, -0.05) is 6.07 Å². The Balaban J connectivity index is 1.84. The second-order valence-corrected chi connectivity index (χ2v) is 5.54. The largest absolute Gasteiger partial charge is 0.393 e. The number of anilines is 4. The molecule has 0 aromatic carbocycles. The molecule has 3 N–H and O–H groups in total. The highest BCUT2D eigenvalue weighted by Crippen LogP contribution is 2.29. The molecule has 0 radical (unpaired) electrons. The van der Waals surface area contributed by atoms with Gasteiger partial charge in [-0.05, 0) is 25.6 Å². The Morgan fingerprint density at radius 2 is 1.86 bits per heavy atom. The van der Waals surface area contributed by atoms with Crippen molar-refractivity contribution >= 4 is 23.1 Å². The van der Waals surface area contributed by atoms with E-state index in [1.165, 1.54) is 0 Å². The van der Waals surface area contributed by atoms with Gasteiger partial charge in [0.25, 0.3) is 0 Å². The summed E-state index contributed by atoms with van der Waals surface area (Å²) in [7, 11) is 2.12. The summed E-state index contributed by atoms with van der Waals surface area (Å²) in [5.74, 6) is 2.15. The molecular weight excluding hydrogens is 278 g/mol. The van der Waals surface area contributed by atoms with Gasteiger partial charge in [-0.2, -0.15) is 0 Å². The number of piperazine rings is 1. The monoisotopic (exact) mass is 299 g/mol. The fourth-order valence-electron chi connectivity index (χ4n) is 2.48. The number of aryl methyl sites for hydroxylation is 1. The van der Waals surface area contributed by atoms with E-state index >= 15 is 0 Å². The summed E-state index contributed by atoms with van der Waals surface area (Å²) in [4.78, 5) is 17.4. The lowest BCUT2D eigenvalue weighted by Crippen LogP contribution is -2.45. The first-order valence-corrected chi connectivity index (χ1v) is 7.38. The molecule has 116 valence electrons. The van der Waals surface area contributed by atoms with Gasteiger partial charge in [-0.15, -0.1) is 0 Å². The average molecular weight is 299 g/mol. The van der Waals surface area contributed by atoms with Crippen LogP contribution in [0.15, 0.2) is 24.7 Å². The Morgan fingerprint density at radius 3 is 2.59 bits per heavy atom. The summed E-state index contributed by atoms with van der Waals surface area (Å²) in [5.41, 5.74) is 7.89. The lowest BCUT2D eigenvalue weighted by molar-refractivity contribution is 0.312. The second-order valence-electron chi connectivity index (χ2n) is 5.54. The molecular formula is C15H21N7. The van der Waals surface area contributed by atoms with E-state index in [0.29, 0.717) is 11.5 Å². The maximum atomic E-state index is 6.28. The molecule has 22 heavy (non-hydrogen) atoms. The van der Waals surface area contributed by atoms with E-state index in [0.717, 1.165) is 43.4 Å². The minimum Gasteiger partial charge on any atom is -0.393 e. The fraction of sp³-hybridized carbons (Fsp3) is 0.400. The SMILES string of the molecule is Cc1cccnc1Nc1ncnc(N2CCN(C)CC2)c1N. The predicted octanol–water partition coefficient (Wildman–Crippen LogP) is 1.26. The van der Waals surface area contributed by atoms with E-state index < -0.39 is 0 Å². The highest BCUT2D eigenvalue weighted by molar-refractivity contribution is 5.78. The van der Waals surface area contributed by atoms with Crippen LogP contribution in [0.1, 0.15) is 5.56 Å². The van der Waals surface area contributed by atoms with Crippen LogP contribution in [0.2, 0.25) is 0 Å². The lowest BCUT2D eigenvalue weighted by Gasteiger charge is -2.33. The van der Waals surface area contributed by atoms with E-state index in [2.05, 4.69) is 37.1 Å². The van der Waals surface area contributed by atoms with Crippen LogP contribution in [0.3, 0.4) is 0 Å². The minimum atomic E-state index is 0.567. The molecule has 0 amide bonds. The zero-order valence-electron chi connectivity index (χ0n) is 13.0. The van der Waals surface area contributed by atoms with Gasteiger partial charge in [0.15, 0.2) is 11.6 Å². The predicted molar refractivity (Wildman–Crippen MR) is 88.4 cm³/mol. The smallest absolute Gasteiger partial charge is 0.160 e. The molecule has 0 bridgehead atoms. The van der Waals surface area contributed by atoms with Crippen molar-refractivity contribution in [3.63, 3.8) is 0 Å². The average Bonchev–Trinajstić information content (AvgIpc) is 2.52. The molecule has 1 aliphatic heterocycles. The molecule has 7 nitrogen and oxygen atoms in total. The van der Waals surface area contributed by atoms with Gasteiger partial charge in [0.1, 0.15) is 17.8 Å². The van der Waals surface area contributed by atoms with E-state index in [1.807, 2.05) is 19.1 Å². The van der Waals surface area contributed by atoms with E-state index in [4.69, 9.17) is 5.73 Å². The standard InChI is InChI=1S/C15H21N7/c1-11-4-3-5-17-13(11)20-14-12(16)15(19-10-18-14)22-8-6-21(2)7-9-22/h3-5,10H,6-9,16H2,1-2H3,(H,17,18,19,20). The van der Waals surface area contributed by atoms with Gasteiger partial charge >= 0.3 is 0 Å². The Hall–Kier alpha value is -2.41. The van der Waals surface area contributed by atoms with Crippen LogP contribution in [-0.4, -0.2) is 53.1 Å². The van der Waals surface area contributed by atoms with E-state index in [9.17, 15) is 0 Å². The number of nitrogens with one attached hydrogen (secondary N) is 1. The molecule has 3 rings (SSSR count). The van der Waals surface area contributed by atoms with Gasteiger partial charge in [0.05, 0.1) is 0 Å². The molecule has 0 spiro atoms. The van der Waals surface area contributed by atoms with Crippen LogP contribution in [0.4, 0.5) is 23.1 Å². The van der Waals surface area contributed by atoms with Crippen molar-refractivity contribution in [3.8, 4) is 0 Å². The molecule has 2 aromatic rings. The minimum absolute atomic E-state index is 0.567. The first-order valence-electron chi connectivity index (χ1n) is 7.38. The molecule has 3 heterocycles. The van der Waals surface area contributed by atoms with Crippen molar-refractivity contribution in [2.45, 2.75) is 6.92 Å². The molecule has 0 saturated carbocycles. The second kappa shape index (κ2) is 6.15. The summed E-state index contributed by atoms with van der Waals surface area (Å²) >= 11 is 0. The van der Waals surface area contributed by atoms with Crippen LogP contribution in [0.25, 0.3) is 0 Å². The van der Waals surface area contributed by atoms with Crippen LogP contribution in [0.5, 0.6) is 0 Å². The first-order chi connectivity index (χ1) is 10.6. The third kappa shape index (κ3) is 2.94. The Kier molecular flexibility index (Phi) is 4.06. The van der Waals surface area contributed by atoms with Crippen molar-refractivity contribution in [3.05, 3.63) is 30.2 Å². The van der Waals surface area contributed by atoms with E-state index in [1.54, 1.807) is 12.5 Å². The van der Waals surface area contributed by atoms with Crippen molar-refractivity contribution in [2.24, 2.45) is 0 Å². The van der Waals surface area contributed by atoms with Crippen molar-refractivity contribution in [1.29, 1.82) is 0 Å². The summed E-state index contributed by atoms with van der Waals surface area (Å²) in [6, 6.07) is 3.90. The number of nitrogen functional groups attached to an aromatic ring is 1. The number of nitrogens with two attached hydrogens (primary N) is 1. The van der Waals surface area contributed by atoms with Crippen LogP contribution >= 0.6 is 0 Å². The first kappa shape index (κ1) is 14.5. The number of pyridine rings is 1. The molecule has 0 unspecified atom stereocenters. The fourth-order valence-corrected chi connectivity index (χ4v) is 2.48. The quantitative estimate of drug-likeness (QED) is 0.882. The van der Waals surface area contributed by atoms with Gasteiger partial charge in [0.2, 0.25) is 0 Å². The van der Waals surface area contributed by atoms with Crippen molar-refractivity contribution in [1.82, 2.24) is 19.9 Å². The number of rotatable bonds is 3. The van der Waals surface area contributed by atoms with Gasteiger partial charge in [-0.25, -0.2) is 15.0 Å². The highest BCUT2D eigenvalue weighted by Gasteiger charge is 2.19. The summed E-state index contributed by atoms with van der Waals surface area (Å²) in [6.07, 6.45) is 3.29. The van der Waals surface area contributed by atoms with Crippen LogP contribution in [-0.2, 0) is 0 Å². The molecule has 0 aliphatic carbocycles. The normalized spacial score (nSPS) is 15.8. The lowest BCUT2D eigenvalue weighted by atomic mass is 10.3. The highest BCUT2D eigenvalue weighted by atomic mass is 15.3. The van der Waals surface area contributed by atoms with Crippen molar-refractivity contribution < 1.29 is 0 Å². The van der Waals surface area contributed by atoms with Gasteiger partial charge in [-0.3, -0.25) is 0 Å². The third-order valence-corrected chi connectivity index (χ3v) is 3.91. The number of hydrogen-bond donors (Lipinski definition) is 2. The van der Waals surface area contributed by atoms with E-state index in [-0.39, 0.29) is 0 Å². The maximum Gasteiger partial charge on any atom is 0.160 e. The Morgan fingerprint density at radius 1 is 1.09 bits per heavy atom. The number of nitrogens with zero attached hydrogens (tertiary/aromatic N) is 5. The zero-order chi connectivity index (χ0) is 15.5. The topological polar surface area (TPSA) is 83.2 Å². The van der Waals surface area contributed by atoms with Gasteiger partial charge < -0.3 is 20.9 Å². The number of aromatic nitrogens is 3. The van der Waals surface area contributed by atoms with Crippen LogP contribution < -0.4 is 16.0 Å². The Bertz CT molecular complexity index is 650. The van der Waals surface area contributed by atoms with Crippen LogP contribution in [0, 0.1) is 6.92 Å². The molecule has 1 saturated heterocycles. The molecule has 7 heteroatoms. The number of likely N-dealkylation sites (N-methyl/N-ethyl adjacent to an activating group) is 1. The van der Waals surface area contributed by atoms with Crippen molar-refractivity contribution in [2.75, 3.05) is 49.2 Å². The summed E-state index contributed by atoms with van der Waals surface area (Å²) in [5, 5.41) is 3.20. The molecule has 1 fully saturated rings.